The molecule has 0 heterocycles. The van der Waals surface area contributed by atoms with E-state index in [4.69, 9.17) is 0 Å². The van der Waals surface area contributed by atoms with Crippen LogP contribution in [0.4, 0.5) is 0 Å². The van der Waals surface area contributed by atoms with Gasteiger partial charge in [-0.25, -0.2) is 5.43 Å². The van der Waals surface area contributed by atoms with Crippen molar-refractivity contribution in [3.8, 4) is 0 Å². The monoisotopic (exact) mass is 250 g/mol. The molecule has 0 aliphatic carbocycles. The van der Waals surface area contributed by atoms with Gasteiger partial charge in [0.2, 0.25) is 5.91 Å². The predicted molar refractivity (Wildman–Crippen MR) is 74.1 cm³/mol. The average molecular weight is 250 g/mol. The van der Waals surface area contributed by atoms with E-state index >= 15 is 0 Å². The molecule has 0 atom stereocenters. The summed E-state index contributed by atoms with van der Waals surface area (Å²) < 4.78 is 0. The van der Waals surface area contributed by atoms with Gasteiger partial charge in [0.05, 0.1) is 5.75 Å². The summed E-state index contributed by atoms with van der Waals surface area (Å²) in [6.45, 7) is 3.91. The number of benzene rings is 1. The number of nitrogens with zero attached hydrogens (tertiary/aromatic N) is 1. The summed E-state index contributed by atoms with van der Waals surface area (Å²) in [6, 6.07) is 10.1. The topological polar surface area (TPSA) is 41.5 Å². The lowest BCUT2D eigenvalue weighted by Crippen LogP contribution is -2.20. The van der Waals surface area contributed by atoms with Crippen molar-refractivity contribution in [2.75, 3.05) is 5.75 Å². The van der Waals surface area contributed by atoms with E-state index in [1.807, 2.05) is 32.0 Å². The van der Waals surface area contributed by atoms with Gasteiger partial charge in [-0.1, -0.05) is 37.3 Å². The summed E-state index contributed by atoms with van der Waals surface area (Å²) in [5.74, 6) is 1.25. The molecule has 0 bridgehead atoms. The molecule has 0 aromatic heterocycles. The van der Waals surface area contributed by atoms with E-state index in [2.05, 4.69) is 22.7 Å². The molecule has 0 saturated heterocycles. The summed E-state index contributed by atoms with van der Waals surface area (Å²) in [7, 11) is 0. The van der Waals surface area contributed by atoms with E-state index < -0.39 is 0 Å². The summed E-state index contributed by atoms with van der Waals surface area (Å²) in [6.07, 6.45) is 0.859. The SMILES string of the molecule is CC/C(C)=N\NC(=O)CSCc1ccccc1. The average Bonchev–Trinajstić information content (AvgIpc) is 2.37. The van der Waals surface area contributed by atoms with Crippen LogP contribution < -0.4 is 5.43 Å². The Labute approximate surface area is 107 Å². The highest BCUT2D eigenvalue weighted by Crippen LogP contribution is 2.10. The first-order valence-electron chi connectivity index (χ1n) is 5.66. The van der Waals surface area contributed by atoms with Gasteiger partial charge >= 0.3 is 0 Å². The fourth-order valence-corrected chi connectivity index (χ4v) is 1.89. The lowest BCUT2D eigenvalue weighted by molar-refractivity contribution is -0.118. The van der Waals surface area contributed by atoms with Crippen molar-refractivity contribution >= 4 is 23.4 Å². The predicted octanol–water partition coefficient (Wildman–Crippen LogP) is 2.82. The Morgan fingerprint density at radius 1 is 1.35 bits per heavy atom. The number of carbonyl (C=O) groups is 1. The first kappa shape index (κ1) is 13.8. The van der Waals surface area contributed by atoms with Crippen LogP contribution in [0.25, 0.3) is 0 Å². The molecule has 0 radical (unpaired) electrons. The minimum atomic E-state index is -0.0428. The second-order valence-electron chi connectivity index (χ2n) is 3.71. The number of rotatable bonds is 6. The van der Waals surface area contributed by atoms with E-state index in [1.54, 1.807) is 11.8 Å². The largest absolute Gasteiger partial charge is 0.272 e. The molecule has 1 rings (SSSR count). The van der Waals surface area contributed by atoms with Crippen molar-refractivity contribution in [2.45, 2.75) is 26.0 Å². The van der Waals surface area contributed by atoms with Crippen molar-refractivity contribution < 1.29 is 4.79 Å². The van der Waals surface area contributed by atoms with E-state index in [0.717, 1.165) is 17.9 Å². The van der Waals surface area contributed by atoms with Crippen molar-refractivity contribution in [2.24, 2.45) is 5.10 Å². The lowest BCUT2D eigenvalue weighted by Gasteiger charge is -2.02. The molecule has 0 aliphatic rings. The Morgan fingerprint density at radius 2 is 2.06 bits per heavy atom. The van der Waals surface area contributed by atoms with E-state index in [-0.39, 0.29) is 5.91 Å². The van der Waals surface area contributed by atoms with Gasteiger partial charge in [0, 0.05) is 11.5 Å². The maximum absolute atomic E-state index is 11.4. The van der Waals surface area contributed by atoms with E-state index in [9.17, 15) is 4.79 Å². The maximum atomic E-state index is 11.4. The quantitative estimate of drug-likeness (QED) is 0.623. The van der Waals surface area contributed by atoms with Gasteiger partial charge in [0.25, 0.3) is 0 Å². The molecule has 92 valence electrons. The first-order chi connectivity index (χ1) is 8.22. The van der Waals surface area contributed by atoms with Crippen LogP contribution >= 0.6 is 11.8 Å². The number of hydrogen-bond donors (Lipinski definition) is 1. The summed E-state index contributed by atoms with van der Waals surface area (Å²) in [5.41, 5.74) is 4.72. The Morgan fingerprint density at radius 3 is 2.71 bits per heavy atom. The lowest BCUT2D eigenvalue weighted by atomic mass is 10.2. The summed E-state index contributed by atoms with van der Waals surface area (Å²) in [4.78, 5) is 11.4. The second kappa shape index (κ2) is 7.90. The Kier molecular flexibility index (Phi) is 6.40. The van der Waals surface area contributed by atoms with Crippen LogP contribution in [0.2, 0.25) is 0 Å². The number of nitrogens with one attached hydrogen (secondary N) is 1. The van der Waals surface area contributed by atoms with E-state index in [0.29, 0.717) is 5.75 Å². The zero-order valence-corrected chi connectivity index (χ0v) is 11.1. The third kappa shape index (κ3) is 6.12. The van der Waals surface area contributed by atoms with Gasteiger partial charge in [0.15, 0.2) is 0 Å². The van der Waals surface area contributed by atoms with Gasteiger partial charge in [0.1, 0.15) is 0 Å². The molecule has 0 spiro atoms. The van der Waals surface area contributed by atoms with Gasteiger partial charge in [-0.3, -0.25) is 4.79 Å². The van der Waals surface area contributed by atoms with Gasteiger partial charge < -0.3 is 0 Å². The molecule has 1 aromatic rings. The molecule has 1 amide bonds. The smallest absolute Gasteiger partial charge is 0.250 e. The molecule has 0 saturated carbocycles. The molecule has 0 unspecified atom stereocenters. The Hall–Kier alpha value is -1.29. The molecule has 17 heavy (non-hydrogen) atoms. The van der Waals surface area contributed by atoms with Crippen LogP contribution in [0.5, 0.6) is 0 Å². The van der Waals surface area contributed by atoms with Crippen LogP contribution in [-0.4, -0.2) is 17.4 Å². The zero-order chi connectivity index (χ0) is 12.5. The first-order valence-corrected chi connectivity index (χ1v) is 6.81. The normalized spacial score (nSPS) is 11.3. The van der Waals surface area contributed by atoms with Crippen molar-refractivity contribution in [3.63, 3.8) is 0 Å². The number of amides is 1. The molecule has 1 N–H and O–H groups in total. The highest BCUT2D eigenvalue weighted by Gasteiger charge is 2.00. The third-order valence-corrected chi connectivity index (χ3v) is 3.23. The standard InChI is InChI=1S/C13H18N2OS/c1-3-11(2)14-15-13(16)10-17-9-12-7-5-4-6-8-12/h4-8H,3,9-10H2,1-2H3,(H,15,16)/b14-11-. The van der Waals surface area contributed by atoms with Crippen LogP contribution in [0.15, 0.2) is 35.4 Å². The molecule has 0 fully saturated rings. The van der Waals surface area contributed by atoms with E-state index in [1.165, 1.54) is 5.56 Å². The summed E-state index contributed by atoms with van der Waals surface area (Å²) >= 11 is 1.59. The number of carbonyl (C=O) groups excluding carboxylic acids is 1. The number of hydrazone groups is 1. The van der Waals surface area contributed by atoms with Crippen LogP contribution in [-0.2, 0) is 10.5 Å². The molecule has 3 nitrogen and oxygen atoms in total. The fourth-order valence-electron chi connectivity index (χ4n) is 1.10. The van der Waals surface area contributed by atoms with Crippen molar-refractivity contribution in [3.05, 3.63) is 35.9 Å². The molecular formula is C13H18N2OS. The van der Waals surface area contributed by atoms with Gasteiger partial charge in [-0.05, 0) is 18.9 Å². The Balaban J connectivity index is 2.21. The molecule has 4 heteroatoms. The minimum Gasteiger partial charge on any atom is -0.272 e. The molecular weight excluding hydrogens is 232 g/mol. The van der Waals surface area contributed by atoms with Crippen LogP contribution in [0, 0.1) is 0 Å². The van der Waals surface area contributed by atoms with Crippen molar-refractivity contribution in [1.82, 2.24) is 5.43 Å². The summed E-state index contributed by atoms with van der Waals surface area (Å²) in [5, 5.41) is 3.97. The second-order valence-corrected chi connectivity index (χ2v) is 4.70. The molecule has 0 aliphatic heterocycles. The van der Waals surface area contributed by atoms with Gasteiger partial charge in [-0.15, -0.1) is 11.8 Å². The molecule has 1 aromatic carbocycles. The highest BCUT2D eigenvalue weighted by molar-refractivity contribution is 7.99. The van der Waals surface area contributed by atoms with Gasteiger partial charge in [-0.2, -0.15) is 5.10 Å². The van der Waals surface area contributed by atoms with Crippen molar-refractivity contribution in [1.29, 1.82) is 0 Å². The highest BCUT2D eigenvalue weighted by atomic mass is 32.2. The van der Waals surface area contributed by atoms with Crippen LogP contribution in [0.1, 0.15) is 25.8 Å². The number of hydrogen-bond acceptors (Lipinski definition) is 3. The minimum absolute atomic E-state index is 0.0428. The zero-order valence-electron chi connectivity index (χ0n) is 10.3. The third-order valence-electron chi connectivity index (χ3n) is 2.23. The van der Waals surface area contributed by atoms with Crippen LogP contribution in [0.3, 0.4) is 0 Å². The Bertz CT molecular complexity index is 376. The maximum Gasteiger partial charge on any atom is 0.250 e. The fraction of sp³-hybridized carbons (Fsp3) is 0.385. The number of thioether (sulfide) groups is 1.